The zero-order chi connectivity index (χ0) is 8.97. The van der Waals surface area contributed by atoms with E-state index in [4.69, 9.17) is 0 Å². The van der Waals surface area contributed by atoms with Crippen LogP contribution >= 0.6 is 0 Å². The maximum Gasteiger partial charge on any atom is 0.0945 e. The molecule has 1 N–H and O–H groups in total. The van der Waals surface area contributed by atoms with E-state index in [0.29, 0.717) is 6.04 Å². The summed E-state index contributed by atoms with van der Waals surface area (Å²) in [7, 11) is -0.743. The Morgan fingerprint density at radius 3 is 3.00 bits per heavy atom. The van der Waals surface area contributed by atoms with Crippen LogP contribution in [-0.2, 0) is 11.0 Å². The van der Waals surface area contributed by atoms with Crippen molar-refractivity contribution in [1.29, 1.82) is 0 Å². The highest BCUT2D eigenvalue weighted by Crippen LogP contribution is 2.06. The van der Waals surface area contributed by atoms with E-state index < -0.39 is 11.0 Å². The van der Waals surface area contributed by atoms with Crippen LogP contribution in [0.15, 0.2) is 0 Å². The van der Waals surface area contributed by atoms with Crippen LogP contribution < -0.4 is 5.32 Å². The van der Waals surface area contributed by atoms with Gasteiger partial charge in [-0.05, 0) is 13.3 Å². The quantitative estimate of drug-likeness (QED) is 0.696. The molecular formula is C8H18N2OS. The van der Waals surface area contributed by atoms with Crippen molar-refractivity contribution in [1.82, 2.24) is 9.62 Å². The second kappa shape index (κ2) is 4.94. The summed E-state index contributed by atoms with van der Waals surface area (Å²) in [5.74, 6) is 0.810. The Morgan fingerprint density at radius 2 is 2.42 bits per heavy atom. The van der Waals surface area contributed by atoms with Gasteiger partial charge in [0.2, 0.25) is 0 Å². The molecule has 0 aromatic rings. The molecule has 1 rings (SSSR count). The van der Waals surface area contributed by atoms with Gasteiger partial charge in [-0.25, -0.2) is 8.51 Å². The molecule has 0 aromatic heterocycles. The van der Waals surface area contributed by atoms with Crippen molar-refractivity contribution in [2.24, 2.45) is 0 Å². The van der Waals surface area contributed by atoms with E-state index in [0.717, 1.165) is 31.8 Å². The zero-order valence-corrected chi connectivity index (χ0v) is 8.69. The van der Waals surface area contributed by atoms with Crippen molar-refractivity contribution in [2.75, 3.05) is 25.4 Å². The Hall–Kier alpha value is 0.0700. The summed E-state index contributed by atoms with van der Waals surface area (Å²) < 4.78 is 13.7. The number of hydrogen-bond donors (Lipinski definition) is 1. The van der Waals surface area contributed by atoms with Gasteiger partial charge in [0.15, 0.2) is 0 Å². The summed E-state index contributed by atoms with van der Waals surface area (Å²) in [5.41, 5.74) is 0. The molecule has 12 heavy (non-hydrogen) atoms. The average molecular weight is 190 g/mol. The second-order valence-electron chi connectivity index (χ2n) is 3.22. The van der Waals surface area contributed by atoms with E-state index >= 15 is 0 Å². The van der Waals surface area contributed by atoms with Gasteiger partial charge in [0.05, 0.1) is 11.0 Å². The molecule has 72 valence electrons. The summed E-state index contributed by atoms with van der Waals surface area (Å²) in [6.07, 6.45) is 1.00. The van der Waals surface area contributed by atoms with Crippen LogP contribution in [-0.4, -0.2) is 39.9 Å². The standard InChI is InChI=1S/C8H18N2OS/c1-3-6-12(11)10-5-4-9-7-8(10)2/h8-9H,3-7H2,1-2H3/t8-,12?/m0/s1. The SMILES string of the molecule is CCCS(=O)N1CCNC[C@@H]1C. The van der Waals surface area contributed by atoms with Crippen molar-refractivity contribution in [3.8, 4) is 0 Å². The number of piperazine rings is 1. The molecule has 1 saturated heterocycles. The Labute approximate surface area is 77.1 Å². The summed E-state index contributed by atoms with van der Waals surface area (Å²) in [6, 6.07) is 0.422. The Bertz CT molecular complexity index is 163. The van der Waals surface area contributed by atoms with Crippen molar-refractivity contribution in [3.05, 3.63) is 0 Å². The largest absolute Gasteiger partial charge is 0.314 e. The fourth-order valence-electron chi connectivity index (χ4n) is 1.42. The molecule has 3 nitrogen and oxygen atoms in total. The molecule has 1 aliphatic rings. The van der Waals surface area contributed by atoms with Gasteiger partial charge in [-0.15, -0.1) is 0 Å². The van der Waals surface area contributed by atoms with E-state index in [-0.39, 0.29) is 0 Å². The molecule has 0 amide bonds. The molecule has 1 heterocycles. The molecule has 1 fully saturated rings. The molecule has 1 unspecified atom stereocenters. The first-order valence-corrected chi connectivity index (χ1v) is 5.89. The van der Waals surface area contributed by atoms with Crippen LogP contribution in [0.1, 0.15) is 20.3 Å². The van der Waals surface area contributed by atoms with Gasteiger partial charge in [0, 0.05) is 31.4 Å². The molecule has 1 aliphatic heterocycles. The highest BCUT2D eigenvalue weighted by atomic mass is 32.2. The molecule has 0 radical (unpaired) electrons. The van der Waals surface area contributed by atoms with Gasteiger partial charge in [0.25, 0.3) is 0 Å². The first kappa shape index (κ1) is 10.2. The predicted octanol–water partition coefficient (Wildman–Crippen LogP) is 0.354. The lowest BCUT2D eigenvalue weighted by molar-refractivity contribution is 0.297. The maximum atomic E-state index is 11.6. The van der Waals surface area contributed by atoms with Crippen molar-refractivity contribution in [2.45, 2.75) is 26.3 Å². The third-order valence-corrected chi connectivity index (χ3v) is 3.90. The minimum Gasteiger partial charge on any atom is -0.314 e. The number of rotatable bonds is 3. The van der Waals surface area contributed by atoms with Crippen molar-refractivity contribution < 1.29 is 4.21 Å². The lowest BCUT2D eigenvalue weighted by atomic mass is 10.3. The Kier molecular flexibility index (Phi) is 4.18. The van der Waals surface area contributed by atoms with Gasteiger partial charge < -0.3 is 5.32 Å². The monoisotopic (exact) mass is 190 g/mol. The lowest BCUT2D eigenvalue weighted by Crippen LogP contribution is -2.50. The number of hydrogen-bond acceptors (Lipinski definition) is 2. The molecule has 4 heteroatoms. The summed E-state index contributed by atoms with van der Waals surface area (Å²) in [6.45, 7) is 7.06. The van der Waals surface area contributed by atoms with E-state index in [2.05, 4.69) is 23.5 Å². The van der Waals surface area contributed by atoms with E-state index in [1.54, 1.807) is 0 Å². The highest BCUT2D eigenvalue weighted by Gasteiger charge is 2.21. The van der Waals surface area contributed by atoms with Crippen LogP contribution in [0.2, 0.25) is 0 Å². The van der Waals surface area contributed by atoms with E-state index in [1.165, 1.54) is 0 Å². The highest BCUT2D eigenvalue weighted by molar-refractivity contribution is 7.82. The first-order chi connectivity index (χ1) is 5.75. The van der Waals surface area contributed by atoms with Crippen molar-refractivity contribution >= 4 is 11.0 Å². The molecule has 0 aliphatic carbocycles. The maximum absolute atomic E-state index is 11.6. The normalized spacial score (nSPS) is 28.7. The van der Waals surface area contributed by atoms with Gasteiger partial charge >= 0.3 is 0 Å². The molecule has 0 saturated carbocycles. The van der Waals surface area contributed by atoms with Crippen LogP contribution in [0.25, 0.3) is 0 Å². The number of nitrogens with zero attached hydrogens (tertiary/aromatic N) is 1. The number of nitrogens with one attached hydrogen (secondary N) is 1. The predicted molar refractivity (Wildman–Crippen MR) is 52.3 cm³/mol. The first-order valence-electron chi connectivity index (χ1n) is 4.61. The summed E-state index contributed by atoms with van der Waals surface area (Å²) in [4.78, 5) is 0. The molecular weight excluding hydrogens is 172 g/mol. The lowest BCUT2D eigenvalue weighted by Gasteiger charge is -2.32. The molecule has 0 aromatic carbocycles. The van der Waals surface area contributed by atoms with E-state index in [9.17, 15) is 4.21 Å². The molecule has 2 atom stereocenters. The van der Waals surface area contributed by atoms with Gasteiger partial charge in [-0.3, -0.25) is 0 Å². The molecule has 0 spiro atoms. The summed E-state index contributed by atoms with van der Waals surface area (Å²) >= 11 is 0. The third kappa shape index (κ3) is 2.54. The Morgan fingerprint density at radius 1 is 1.67 bits per heavy atom. The van der Waals surface area contributed by atoms with Gasteiger partial charge in [-0.1, -0.05) is 6.92 Å². The topological polar surface area (TPSA) is 32.3 Å². The zero-order valence-electron chi connectivity index (χ0n) is 7.88. The fourth-order valence-corrected chi connectivity index (χ4v) is 2.77. The van der Waals surface area contributed by atoms with Crippen LogP contribution in [0.3, 0.4) is 0 Å². The van der Waals surface area contributed by atoms with Crippen LogP contribution in [0, 0.1) is 0 Å². The average Bonchev–Trinajstić information content (AvgIpc) is 2.05. The van der Waals surface area contributed by atoms with Crippen LogP contribution in [0.4, 0.5) is 0 Å². The third-order valence-electron chi connectivity index (χ3n) is 2.08. The minimum absolute atomic E-state index is 0.422. The minimum atomic E-state index is -0.743. The van der Waals surface area contributed by atoms with Gasteiger partial charge in [0.1, 0.15) is 0 Å². The Balaban J connectivity index is 2.42. The molecule has 0 bridgehead atoms. The second-order valence-corrected chi connectivity index (χ2v) is 4.74. The fraction of sp³-hybridized carbons (Fsp3) is 1.00. The van der Waals surface area contributed by atoms with Crippen LogP contribution in [0.5, 0.6) is 0 Å². The summed E-state index contributed by atoms with van der Waals surface area (Å²) in [5, 5.41) is 3.29. The smallest absolute Gasteiger partial charge is 0.0945 e. The van der Waals surface area contributed by atoms with E-state index in [1.807, 2.05) is 0 Å². The van der Waals surface area contributed by atoms with Gasteiger partial charge in [-0.2, -0.15) is 0 Å². The van der Waals surface area contributed by atoms with Crippen molar-refractivity contribution in [3.63, 3.8) is 0 Å².